The Hall–Kier alpha value is -2.41. The highest BCUT2D eigenvalue weighted by Crippen LogP contribution is 2.18. The van der Waals surface area contributed by atoms with E-state index >= 15 is 0 Å². The number of fused-ring (bicyclic) bond motifs is 1. The molecule has 2 N–H and O–H groups in total. The number of carboxylic acid groups (broad SMARTS) is 1. The summed E-state index contributed by atoms with van der Waals surface area (Å²) >= 11 is 0. The first-order valence-corrected chi connectivity index (χ1v) is 8.06. The van der Waals surface area contributed by atoms with Gasteiger partial charge < -0.3 is 14.7 Å². The molecular weight excluding hydrogens is 310 g/mol. The van der Waals surface area contributed by atoms with Crippen molar-refractivity contribution in [3.8, 4) is 0 Å². The average Bonchev–Trinajstić information content (AvgIpc) is 3.05. The number of carbonyl (C=O) groups excluding carboxylic acids is 1. The predicted octanol–water partition coefficient (Wildman–Crippen LogP) is 2.15. The van der Waals surface area contributed by atoms with E-state index in [0.29, 0.717) is 37.3 Å². The number of carboxylic acids is 1. The van der Waals surface area contributed by atoms with Gasteiger partial charge in [0.1, 0.15) is 0 Å². The Balaban J connectivity index is 2.19. The van der Waals surface area contributed by atoms with Crippen LogP contribution in [0.25, 0.3) is 10.9 Å². The zero-order chi connectivity index (χ0) is 17.5. The normalized spacial score (nSPS) is 12.2. The lowest BCUT2D eigenvalue weighted by Gasteiger charge is -2.25. The smallest absolute Gasteiger partial charge is 0.308 e. The second kappa shape index (κ2) is 8.44. The van der Waals surface area contributed by atoms with Gasteiger partial charge in [0.15, 0.2) is 0 Å². The van der Waals surface area contributed by atoms with Gasteiger partial charge >= 0.3 is 5.97 Å². The van der Waals surface area contributed by atoms with Crippen LogP contribution in [0.4, 0.5) is 0 Å². The van der Waals surface area contributed by atoms with Crippen molar-refractivity contribution < 1.29 is 19.4 Å². The fourth-order valence-electron chi connectivity index (χ4n) is 2.50. The minimum Gasteiger partial charge on any atom is -0.481 e. The molecular formula is C17H23N3O4. The molecule has 2 rings (SSSR count). The minimum atomic E-state index is -0.919. The Labute approximate surface area is 140 Å². The largest absolute Gasteiger partial charge is 0.481 e. The van der Waals surface area contributed by atoms with Gasteiger partial charge in [-0.2, -0.15) is 5.10 Å². The van der Waals surface area contributed by atoms with Crippen molar-refractivity contribution in [3.05, 3.63) is 30.0 Å². The zero-order valence-electron chi connectivity index (χ0n) is 14.0. The van der Waals surface area contributed by atoms with E-state index in [1.807, 2.05) is 13.0 Å². The van der Waals surface area contributed by atoms with Crippen LogP contribution in [0.3, 0.4) is 0 Å². The molecule has 0 aliphatic carbocycles. The van der Waals surface area contributed by atoms with Crippen LogP contribution in [0, 0.1) is 5.92 Å². The molecule has 1 heterocycles. The van der Waals surface area contributed by atoms with E-state index in [0.717, 1.165) is 5.39 Å². The van der Waals surface area contributed by atoms with Crippen LogP contribution in [-0.4, -0.2) is 58.4 Å². The van der Waals surface area contributed by atoms with Crippen molar-refractivity contribution >= 4 is 22.8 Å². The number of amides is 1. The summed E-state index contributed by atoms with van der Waals surface area (Å²) in [6.07, 6.45) is 2.32. The number of para-hydroxylation sites is 1. The van der Waals surface area contributed by atoms with Crippen LogP contribution in [0.15, 0.2) is 24.4 Å². The minimum absolute atomic E-state index is 0.158. The summed E-state index contributed by atoms with van der Waals surface area (Å²) in [6, 6.07) is 5.39. The zero-order valence-corrected chi connectivity index (χ0v) is 14.0. The summed E-state index contributed by atoms with van der Waals surface area (Å²) in [4.78, 5) is 25.7. The number of rotatable bonds is 9. The fourth-order valence-corrected chi connectivity index (χ4v) is 2.50. The van der Waals surface area contributed by atoms with Crippen LogP contribution in [-0.2, 0) is 9.53 Å². The fraction of sp³-hybridized carbons (Fsp3) is 0.471. The second-order valence-electron chi connectivity index (χ2n) is 5.68. The molecule has 0 saturated carbocycles. The van der Waals surface area contributed by atoms with Crippen LogP contribution < -0.4 is 0 Å². The summed E-state index contributed by atoms with van der Waals surface area (Å²) in [5.74, 6) is -1.76. The van der Waals surface area contributed by atoms with Crippen molar-refractivity contribution in [2.75, 3.05) is 26.3 Å². The summed E-state index contributed by atoms with van der Waals surface area (Å²) in [5.41, 5.74) is 1.17. The van der Waals surface area contributed by atoms with E-state index in [2.05, 4.69) is 10.2 Å². The van der Waals surface area contributed by atoms with E-state index in [-0.39, 0.29) is 12.5 Å². The molecule has 2 aromatic rings. The Morgan fingerprint density at radius 1 is 1.42 bits per heavy atom. The number of aromatic amines is 1. The molecule has 1 unspecified atom stereocenters. The summed E-state index contributed by atoms with van der Waals surface area (Å²) in [7, 11) is 0. The number of ether oxygens (including phenoxy) is 1. The number of hydrogen-bond acceptors (Lipinski definition) is 4. The van der Waals surface area contributed by atoms with Crippen molar-refractivity contribution in [2.45, 2.75) is 20.3 Å². The molecule has 0 saturated heterocycles. The molecule has 1 aromatic heterocycles. The quantitative estimate of drug-likeness (QED) is 0.686. The second-order valence-corrected chi connectivity index (χ2v) is 5.68. The van der Waals surface area contributed by atoms with Crippen molar-refractivity contribution in [2.24, 2.45) is 5.92 Å². The van der Waals surface area contributed by atoms with Gasteiger partial charge in [-0.3, -0.25) is 14.7 Å². The van der Waals surface area contributed by atoms with Gasteiger partial charge in [0, 0.05) is 31.7 Å². The molecule has 0 spiro atoms. The maximum Gasteiger partial charge on any atom is 0.308 e. The number of aliphatic carboxylic acids is 1. The maximum absolute atomic E-state index is 12.9. The lowest BCUT2D eigenvalue weighted by atomic mass is 10.1. The van der Waals surface area contributed by atoms with Gasteiger partial charge in [0.05, 0.1) is 23.2 Å². The highest BCUT2D eigenvalue weighted by molar-refractivity contribution is 6.05. The molecule has 0 aliphatic heterocycles. The van der Waals surface area contributed by atoms with Gasteiger partial charge in [0.2, 0.25) is 0 Å². The van der Waals surface area contributed by atoms with Crippen molar-refractivity contribution in [1.82, 2.24) is 15.1 Å². The van der Waals surface area contributed by atoms with Crippen LogP contribution in [0.5, 0.6) is 0 Å². The van der Waals surface area contributed by atoms with E-state index < -0.39 is 11.9 Å². The third-order valence-corrected chi connectivity index (χ3v) is 3.83. The topological polar surface area (TPSA) is 95.5 Å². The first-order valence-electron chi connectivity index (χ1n) is 8.06. The van der Waals surface area contributed by atoms with Gasteiger partial charge in [-0.15, -0.1) is 0 Å². The summed E-state index contributed by atoms with van der Waals surface area (Å²) < 4.78 is 5.31. The number of nitrogens with zero attached hydrogens (tertiary/aromatic N) is 2. The third-order valence-electron chi connectivity index (χ3n) is 3.83. The number of H-pyrrole nitrogens is 1. The molecule has 0 bridgehead atoms. The molecule has 1 aromatic carbocycles. The molecule has 0 fully saturated rings. The molecule has 24 heavy (non-hydrogen) atoms. The number of hydrogen-bond donors (Lipinski definition) is 2. The molecule has 0 radical (unpaired) electrons. The molecule has 1 atom stereocenters. The summed E-state index contributed by atoms with van der Waals surface area (Å²) in [5, 5.41) is 16.8. The van der Waals surface area contributed by atoms with E-state index in [4.69, 9.17) is 9.84 Å². The highest BCUT2D eigenvalue weighted by Gasteiger charge is 2.23. The number of carbonyl (C=O) groups is 2. The van der Waals surface area contributed by atoms with E-state index in [9.17, 15) is 9.59 Å². The SMILES string of the molecule is CCOCCCN(CC(C)C(=O)O)C(=O)c1cccc2cn[nH]c12. The van der Waals surface area contributed by atoms with Gasteiger partial charge in [-0.25, -0.2) is 0 Å². The lowest BCUT2D eigenvalue weighted by molar-refractivity contribution is -0.141. The average molecular weight is 333 g/mol. The molecule has 7 nitrogen and oxygen atoms in total. The van der Waals surface area contributed by atoms with Crippen molar-refractivity contribution in [3.63, 3.8) is 0 Å². The number of nitrogens with one attached hydrogen (secondary N) is 1. The molecule has 0 aliphatic rings. The first kappa shape index (κ1) is 17.9. The molecule has 130 valence electrons. The maximum atomic E-state index is 12.9. The standard InChI is InChI=1S/C17H23N3O4/c1-3-24-9-5-8-20(11-12(2)17(22)23)16(21)14-7-4-6-13-10-18-19-15(13)14/h4,6-7,10,12H,3,5,8-9,11H2,1-2H3,(H,18,19)(H,22,23). The Kier molecular flexibility index (Phi) is 6.31. The molecule has 1 amide bonds. The van der Waals surface area contributed by atoms with E-state index in [1.165, 1.54) is 0 Å². The Bertz CT molecular complexity index is 698. The Morgan fingerprint density at radius 2 is 2.21 bits per heavy atom. The van der Waals surface area contributed by atoms with Crippen LogP contribution in [0.2, 0.25) is 0 Å². The van der Waals surface area contributed by atoms with Crippen LogP contribution in [0.1, 0.15) is 30.6 Å². The van der Waals surface area contributed by atoms with Gasteiger partial charge in [-0.05, 0) is 19.4 Å². The Morgan fingerprint density at radius 3 is 2.92 bits per heavy atom. The monoisotopic (exact) mass is 333 g/mol. The van der Waals surface area contributed by atoms with Gasteiger partial charge in [0.25, 0.3) is 5.91 Å². The third kappa shape index (κ3) is 4.32. The molecule has 7 heteroatoms. The predicted molar refractivity (Wildman–Crippen MR) is 89.9 cm³/mol. The first-order chi connectivity index (χ1) is 11.5. The summed E-state index contributed by atoms with van der Waals surface area (Å²) in [6.45, 7) is 5.27. The number of benzene rings is 1. The lowest BCUT2D eigenvalue weighted by Crippen LogP contribution is -2.38. The highest BCUT2D eigenvalue weighted by atomic mass is 16.5. The number of aromatic nitrogens is 2. The van der Waals surface area contributed by atoms with Gasteiger partial charge in [-0.1, -0.05) is 19.1 Å². The van der Waals surface area contributed by atoms with E-state index in [1.54, 1.807) is 30.2 Å². The van der Waals surface area contributed by atoms with Crippen LogP contribution >= 0.6 is 0 Å². The van der Waals surface area contributed by atoms with Crippen molar-refractivity contribution in [1.29, 1.82) is 0 Å².